The van der Waals surface area contributed by atoms with E-state index in [9.17, 15) is 4.79 Å². The fourth-order valence-corrected chi connectivity index (χ4v) is 1.20. The van der Waals surface area contributed by atoms with Crippen LogP contribution in [0, 0.1) is 0 Å². The van der Waals surface area contributed by atoms with Gasteiger partial charge in [0, 0.05) is 19.5 Å². The Labute approximate surface area is 67.3 Å². The summed E-state index contributed by atoms with van der Waals surface area (Å²) in [5, 5.41) is 0. The van der Waals surface area contributed by atoms with E-state index in [1.807, 2.05) is 14.0 Å². The number of likely N-dealkylation sites (N-methyl/N-ethyl adjacent to an activating group) is 1. The SMILES string of the molecule is CCC(=O)C1CN(C)CCO1. The van der Waals surface area contributed by atoms with Gasteiger partial charge in [-0.15, -0.1) is 0 Å². The molecule has 0 aromatic heterocycles. The molecule has 0 aromatic rings. The van der Waals surface area contributed by atoms with Crippen LogP contribution in [-0.4, -0.2) is 43.5 Å². The molecule has 1 fully saturated rings. The summed E-state index contributed by atoms with van der Waals surface area (Å²) in [4.78, 5) is 13.3. The minimum absolute atomic E-state index is 0.168. The third-order valence-corrected chi connectivity index (χ3v) is 1.98. The van der Waals surface area contributed by atoms with E-state index in [4.69, 9.17) is 4.74 Å². The lowest BCUT2D eigenvalue weighted by Gasteiger charge is -2.28. The molecule has 1 aliphatic rings. The molecule has 0 saturated carbocycles. The van der Waals surface area contributed by atoms with Gasteiger partial charge in [-0.2, -0.15) is 0 Å². The smallest absolute Gasteiger partial charge is 0.162 e. The zero-order chi connectivity index (χ0) is 8.27. The third-order valence-electron chi connectivity index (χ3n) is 1.98. The van der Waals surface area contributed by atoms with Crippen LogP contribution in [0.2, 0.25) is 0 Å². The molecule has 0 amide bonds. The number of carbonyl (C=O) groups excluding carboxylic acids is 1. The lowest BCUT2D eigenvalue weighted by Crippen LogP contribution is -2.43. The van der Waals surface area contributed by atoms with Gasteiger partial charge in [-0.25, -0.2) is 0 Å². The van der Waals surface area contributed by atoms with Gasteiger partial charge in [0.25, 0.3) is 0 Å². The van der Waals surface area contributed by atoms with Crippen molar-refractivity contribution in [2.24, 2.45) is 0 Å². The average Bonchev–Trinajstić information content (AvgIpc) is 2.03. The molecule has 11 heavy (non-hydrogen) atoms. The lowest BCUT2D eigenvalue weighted by atomic mass is 10.1. The Bertz CT molecular complexity index is 147. The van der Waals surface area contributed by atoms with Gasteiger partial charge in [0.15, 0.2) is 5.78 Å². The molecule has 1 saturated heterocycles. The van der Waals surface area contributed by atoms with Crippen LogP contribution in [0.3, 0.4) is 0 Å². The maximum absolute atomic E-state index is 11.2. The Kier molecular flexibility index (Phi) is 3.02. The maximum atomic E-state index is 11.2. The Morgan fingerprint density at radius 3 is 3.00 bits per heavy atom. The summed E-state index contributed by atoms with van der Waals surface area (Å²) in [5.41, 5.74) is 0. The van der Waals surface area contributed by atoms with Gasteiger partial charge < -0.3 is 9.64 Å². The number of hydrogen-bond acceptors (Lipinski definition) is 3. The molecule has 0 aromatic carbocycles. The number of rotatable bonds is 2. The molecular weight excluding hydrogens is 142 g/mol. The van der Waals surface area contributed by atoms with Gasteiger partial charge in [-0.05, 0) is 7.05 Å². The fourth-order valence-electron chi connectivity index (χ4n) is 1.20. The minimum Gasteiger partial charge on any atom is -0.368 e. The Hall–Kier alpha value is -0.410. The van der Waals surface area contributed by atoms with Crippen molar-refractivity contribution in [1.29, 1.82) is 0 Å². The molecule has 1 rings (SSSR count). The van der Waals surface area contributed by atoms with Crippen LogP contribution in [0.25, 0.3) is 0 Å². The van der Waals surface area contributed by atoms with E-state index in [-0.39, 0.29) is 11.9 Å². The van der Waals surface area contributed by atoms with Crippen LogP contribution in [-0.2, 0) is 9.53 Å². The van der Waals surface area contributed by atoms with E-state index in [2.05, 4.69) is 4.90 Å². The first-order chi connectivity index (χ1) is 5.24. The second kappa shape index (κ2) is 3.83. The van der Waals surface area contributed by atoms with Crippen LogP contribution in [0.15, 0.2) is 0 Å². The summed E-state index contributed by atoms with van der Waals surface area (Å²) in [7, 11) is 2.01. The van der Waals surface area contributed by atoms with Crippen LogP contribution >= 0.6 is 0 Å². The van der Waals surface area contributed by atoms with Gasteiger partial charge in [0.2, 0.25) is 0 Å². The highest BCUT2D eigenvalue weighted by molar-refractivity contribution is 5.83. The fraction of sp³-hybridized carbons (Fsp3) is 0.875. The quantitative estimate of drug-likeness (QED) is 0.577. The van der Waals surface area contributed by atoms with Crippen molar-refractivity contribution in [2.75, 3.05) is 26.7 Å². The molecule has 0 spiro atoms. The molecule has 1 atom stereocenters. The van der Waals surface area contributed by atoms with Crippen LogP contribution in [0.1, 0.15) is 13.3 Å². The Balaban J connectivity index is 2.39. The summed E-state index contributed by atoms with van der Waals surface area (Å²) in [6, 6.07) is 0. The first-order valence-corrected chi connectivity index (χ1v) is 4.07. The minimum atomic E-state index is -0.168. The molecule has 0 radical (unpaired) electrons. The van der Waals surface area contributed by atoms with Gasteiger partial charge in [-0.1, -0.05) is 6.92 Å². The van der Waals surface area contributed by atoms with E-state index in [0.29, 0.717) is 13.0 Å². The van der Waals surface area contributed by atoms with Crippen LogP contribution < -0.4 is 0 Å². The maximum Gasteiger partial charge on any atom is 0.162 e. The summed E-state index contributed by atoms with van der Waals surface area (Å²) < 4.78 is 5.31. The number of carbonyl (C=O) groups is 1. The summed E-state index contributed by atoms with van der Waals surface area (Å²) in [6.07, 6.45) is 0.414. The first kappa shape index (κ1) is 8.68. The predicted octanol–water partition coefficient (Wildman–Crippen LogP) is 0.296. The lowest BCUT2D eigenvalue weighted by molar-refractivity contribution is -0.135. The largest absolute Gasteiger partial charge is 0.368 e. The van der Waals surface area contributed by atoms with Gasteiger partial charge in [-0.3, -0.25) is 4.79 Å². The number of hydrogen-bond donors (Lipinski definition) is 0. The number of ether oxygens (including phenoxy) is 1. The highest BCUT2D eigenvalue weighted by atomic mass is 16.5. The Morgan fingerprint density at radius 1 is 1.73 bits per heavy atom. The summed E-state index contributed by atoms with van der Waals surface area (Å²) in [6.45, 7) is 4.26. The van der Waals surface area contributed by atoms with Crippen molar-refractivity contribution in [3.05, 3.63) is 0 Å². The van der Waals surface area contributed by atoms with Crippen molar-refractivity contribution >= 4 is 5.78 Å². The number of morpholine rings is 1. The van der Waals surface area contributed by atoms with E-state index in [1.165, 1.54) is 0 Å². The molecule has 0 aliphatic carbocycles. The number of nitrogens with zero attached hydrogens (tertiary/aromatic N) is 1. The number of ketones is 1. The van der Waals surface area contributed by atoms with Gasteiger partial charge in [0.1, 0.15) is 6.10 Å². The predicted molar refractivity (Wildman–Crippen MR) is 42.5 cm³/mol. The zero-order valence-corrected chi connectivity index (χ0v) is 7.17. The molecule has 3 nitrogen and oxygen atoms in total. The van der Waals surface area contributed by atoms with Crippen molar-refractivity contribution < 1.29 is 9.53 Å². The van der Waals surface area contributed by atoms with E-state index >= 15 is 0 Å². The third kappa shape index (κ3) is 2.27. The van der Waals surface area contributed by atoms with Gasteiger partial charge in [0.05, 0.1) is 6.61 Å². The van der Waals surface area contributed by atoms with E-state index < -0.39 is 0 Å². The number of Topliss-reactive ketones (excluding diaryl/α,β-unsaturated/α-hetero) is 1. The molecule has 1 heterocycles. The summed E-state index contributed by atoms with van der Waals surface area (Å²) in [5.74, 6) is 0.219. The van der Waals surface area contributed by atoms with Crippen molar-refractivity contribution in [2.45, 2.75) is 19.4 Å². The molecule has 1 unspecified atom stereocenters. The Morgan fingerprint density at radius 2 is 2.45 bits per heavy atom. The van der Waals surface area contributed by atoms with E-state index in [0.717, 1.165) is 13.1 Å². The van der Waals surface area contributed by atoms with E-state index in [1.54, 1.807) is 0 Å². The monoisotopic (exact) mass is 157 g/mol. The summed E-state index contributed by atoms with van der Waals surface area (Å²) >= 11 is 0. The standard InChI is InChI=1S/C8H15NO2/c1-3-7(10)8-6-9(2)4-5-11-8/h8H,3-6H2,1-2H3. The molecule has 0 bridgehead atoms. The first-order valence-electron chi connectivity index (χ1n) is 4.07. The highest BCUT2D eigenvalue weighted by Gasteiger charge is 2.22. The molecule has 0 N–H and O–H groups in total. The molecular formula is C8H15NO2. The molecule has 3 heteroatoms. The van der Waals surface area contributed by atoms with Crippen LogP contribution in [0.4, 0.5) is 0 Å². The van der Waals surface area contributed by atoms with Crippen molar-refractivity contribution in [3.8, 4) is 0 Å². The second-order valence-corrected chi connectivity index (χ2v) is 2.94. The second-order valence-electron chi connectivity index (χ2n) is 2.94. The average molecular weight is 157 g/mol. The van der Waals surface area contributed by atoms with Gasteiger partial charge >= 0.3 is 0 Å². The van der Waals surface area contributed by atoms with Crippen LogP contribution in [0.5, 0.6) is 0 Å². The molecule has 1 aliphatic heterocycles. The molecule has 64 valence electrons. The topological polar surface area (TPSA) is 29.5 Å². The zero-order valence-electron chi connectivity index (χ0n) is 7.17. The van der Waals surface area contributed by atoms with Crippen molar-refractivity contribution in [1.82, 2.24) is 4.90 Å². The van der Waals surface area contributed by atoms with Crippen molar-refractivity contribution in [3.63, 3.8) is 0 Å². The normalized spacial score (nSPS) is 26.9. The highest BCUT2D eigenvalue weighted by Crippen LogP contribution is 2.05.